The van der Waals surface area contributed by atoms with Gasteiger partial charge in [0.15, 0.2) is 0 Å². The number of ether oxygens (including phenoxy) is 1. The van der Waals surface area contributed by atoms with Gasteiger partial charge in [0, 0.05) is 12.6 Å². The summed E-state index contributed by atoms with van der Waals surface area (Å²) < 4.78 is 5.53. The molecule has 1 unspecified atom stereocenters. The van der Waals surface area contributed by atoms with Gasteiger partial charge in [-0.3, -0.25) is 0 Å². The Morgan fingerprint density at radius 3 is 2.57 bits per heavy atom. The van der Waals surface area contributed by atoms with Crippen molar-refractivity contribution in [2.45, 2.75) is 26.0 Å². The molecule has 2 aromatic carbocycles. The first-order valence-electron chi connectivity index (χ1n) is 7.31. The van der Waals surface area contributed by atoms with Gasteiger partial charge in [0.05, 0.1) is 0 Å². The number of nitrogens with one attached hydrogen (secondary N) is 1. The van der Waals surface area contributed by atoms with Gasteiger partial charge in [-0.05, 0) is 31.5 Å². The summed E-state index contributed by atoms with van der Waals surface area (Å²) in [6.07, 6.45) is -0.530. The van der Waals surface area contributed by atoms with E-state index in [1.165, 1.54) is 11.1 Å². The molecular formula is C18H23NO2. The molecule has 0 aliphatic carbocycles. The van der Waals surface area contributed by atoms with E-state index in [2.05, 4.69) is 43.4 Å². The number of hydrogen-bond donors (Lipinski definition) is 2. The number of para-hydroxylation sites is 1. The Hall–Kier alpha value is -1.84. The van der Waals surface area contributed by atoms with Crippen molar-refractivity contribution in [3.8, 4) is 5.75 Å². The molecule has 0 fully saturated rings. The maximum Gasteiger partial charge on any atom is 0.119 e. The largest absolute Gasteiger partial charge is 0.491 e. The van der Waals surface area contributed by atoms with Gasteiger partial charge in [-0.1, -0.05) is 48.0 Å². The van der Waals surface area contributed by atoms with Gasteiger partial charge < -0.3 is 15.2 Å². The Bertz CT molecular complexity index is 542. The highest BCUT2D eigenvalue weighted by molar-refractivity contribution is 5.24. The van der Waals surface area contributed by atoms with Crippen LogP contribution in [-0.4, -0.2) is 24.4 Å². The smallest absolute Gasteiger partial charge is 0.119 e. The van der Waals surface area contributed by atoms with Crippen LogP contribution in [0, 0.1) is 6.92 Å². The van der Waals surface area contributed by atoms with Crippen LogP contribution in [0.3, 0.4) is 0 Å². The molecule has 0 heterocycles. The molecule has 0 aromatic heterocycles. The van der Waals surface area contributed by atoms with Gasteiger partial charge in [-0.2, -0.15) is 0 Å². The van der Waals surface area contributed by atoms with Crippen molar-refractivity contribution >= 4 is 0 Å². The number of aliphatic hydroxyl groups excluding tert-OH is 1. The van der Waals surface area contributed by atoms with Crippen LogP contribution in [0.2, 0.25) is 0 Å². The van der Waals surface area contributed by atoms with Gasteiger partial charge in [-0.25, -0.2) is 0 Å². The molecule has 2 N–H and O–H groups in total. The third kappa shape index (κ3) is 5.21. The molecule has 0 saturated carbocycles. The first-order valence-corrected chi connectivity index (χ1v) is 7.31. The maximum atomic E-state index is 9.97. The van der Waals surface area contributed by atoms with Crippen molar-refractivity contribution in [3.63, 3.8) is 0 Å². The van der Waals surface area contributed by atoms with Crippen molar-refractivity contribution in [3.05, 3.63) is 65.7 Å². The fourth-order valence-electron chi connectivity index (χ4n) is 2.14. The fourth-order valence-corrected chi connectivity index (χ4v) is 2.14. The average Bonchev–Trinajstić information content (AvgIpc) is 2.51. The minimum absolute atomic E-state index is 0.205. The second-order valence-corrected chi connectivity index (χ2v) is 5.32. The summed E-state index contributed by atoms with van der Waals surface area (Å²) in [4.78, 5) is 0. The Morgan fingerprint density at radius 1 is 1.10 bits per heavy atom. The monoisotopic (exact) mass is 285 g/mol. The fraction of sp³-hybridized carbons (Fsp3) is 0.333. The summed E-state index contributed by atoms with van der Waals surface area (Å²) in [7, 11) is 0. The van der Waals surface area contributed by atoms with Gasteiger partial charge >= 0.3 is 0 Å². The first-order chi connectivity index (χ1) is 10.1. The molecule has 3 nitrogen and oxygen atoms in total. The number of rotatable bonds is 7. The van der Waals surface area contributed by atoms with Crippen LogP contribution in [0.5, 0.6) is 5.75 Å². The van der Waals surface area contributed by atoms with Crippen LogP contribution in [0.15, 0.2) is 54.6 Å². The number of aliphatic hydroxyl groups is 1. The highest BCUT2D eigenvalue weighted by atomic mass is 16.5. The Kier molecular flexibility index (Phi) is 5.78. The zero-order valence-corrected chi connectivity index (χ0v) is 12.6. The van der Waals surface area contributed by atoms with Gasteiger partial charge in [0.2, 0.25) is 0 Å². The van der Waals surface area contributed by atoms with Crippen molar-refractivity contribution in [1.82, 2.24) is 5.32 Å². The van der Waals surface area contributed by atoms with Crippen molar-refractivity contribution < 1.29 is 9.84 Å². The lowest BCUT2D eigenvalue weighted by atomic mass is 10.1. The summed E-state index contributed by atoms with van der Waals surface area (Å²) in [6, 6.07) is 18.1. The molecule has 0 radical (unpaired) electrons. The molecule has 2 rings (SSSR count). The zero-order chi connectivity index (χ0) is 15.1. The summed E-state index contributed by atoms with van der Waals surface area (Å²) in [6.45, 7) is 4.97. The number of aryl methyl sites for hydroxylation is 1. The minimum Gasteiger partial charge on any atom is -0.491 e. The van der Waals surface area contributed by atoms with E-state index in [0.717, 1.165) is 5.75 Å². The predicted octanol–water partition coefficient (Wildman–Crippen LogP) is 3.09. The average molecular weight is 285 g/mol. The maximum absolute atomic E-state index is 9.97. The van der Waals surface area contributed by atoms with Crippen LogP contribution in [0.4, 0.5) is 0 Å². The van der Waals surface area contributed by atoms with Gasteiger partial charge in [-0.15, -0.1) is 0 Å². The van der Waals surface area contributed by atoms with Crippen LogP contribution in [0.25, 0.3) is 0 Å². The normalized spacial score (nSPS) is 13.7. The Balaban J connectivity index is 1.74. The van der Waals surface area contributed by atoms with E-state index in [1.54, 1.807) is 0 Å². The third-order valence-electron chi connectivity index (χ3n) is 3.39. The lowest BCUT2D eigenvalue weighted by molar-refractivity contribution is 0.104. The molecule has 0 amide bonds. The SMILES string of the molecule is Cc1cccc([C@@H](C)NCC(O)COc2ccccc2)c1. The molecule has 2 aromatic rings. The van der Waals surface area contributed by atoms with E-state index < -0.39 is 6.10 Å². The van der Waals surface area contributed by atoms with Crippen LogP contribution in [0.1, 0.15) is 24.1 Å². The van der Waals surface area contributed by atoms with E-state index in [-0.39, 0.29) is 12.6 Å². The summed E-state index contributed by atoms with van der Waals surface area (Å²) in [5.41, 5.74) is 2.47. The minimum atomic E-state index is -0.530. The van der Waals surface area contributed by atoms with Crippen molar-refractivity contribution in [1.29, 1.82) is 0 Å². The van der Waals surface area contributed by atoms with Crippen molar-refractivity contribution in [2.75, 3.05) is 13.2 Å². The first kappa shape index (κ1) is 15.5. The van der Waals surface area contributed by atoms with Crippen LogP contribution >= 0.6 is 0 Å². The van der Waals surface area contributed by atoms with Crippen LogP contribution in [-0.2, 0) is 0 Å². The summed E-state index contributed by atoms with van der Waals surface area (Å²) in [5.74, 6) is 0.781. The van der Waals surface area contributed by atoms with Crippen molar-refractivity contribution in [2.24, 2.45) is 0 Å². The van der Waals surface area contributed by atoms with Crippen LogP contribution < -0.4 is 10.1 Å². The predicted molar refractivity (Wildman–Crippen MR) is 85.5 cm³/mol. The highest BCUT2D eigenvalue weighted by Gasteiger charge is 2.09. The number of benzene rings is 2. The van der Waals surface area contributed by atoms with E-state index >= 15 is 0 Å². The van der Waals surface area contributed by atoms with E-state index in [9.17, 15) is 5.11 Å². The zero-order valence-electron chi connectivity index (χ0n) is 12.6. The molecule has 0 bridgehead atoms. The van der Waals surface area contributed by atoms with E-state index in [4.69, 9.17) is 4.74 Å². The molecule has 0 aliphatic heterocycles. The second-order valence-electron chi connectivity index (χ2n) is 5.32. The molecule has 3 heteroatoms. The second kappa shape index (κ2) is 7.81. The molecule has 21 heavy (non-hydrogen) atoms. The standard InChI is InChI=1S/C18H23NO2/c1-14-7-6-8-16(11-14)15(2)19-12-17(20)13-21-18-9-4-3-5-10-18/h3-11,15,17,19-20H,12-13H2,1-2H3/t15-,17?/m1/s1. The quantitative estimate of drug-likeness (QED) is 0.821. The van der Waals surface area contributed by atoms with E-state index in [1.807, 2.05) is 30.3 Å². The third-order valence-corrected chi connectivity index (χ3v) is 3.39. The summed E-state index contributed by atoms with van der Waals surface area (Å²) in [5, 5.41) is 13.3. The lowest BCUT2D eigenvalue weighted by Crippen LogP contribution is -2.33. The molecule has 0 spiro atoms. The van der Waals surface area contributed by atoms with Gasteiger partial charge in [0.25, 0.3) is 0 Å². The molecule has 2 atom stereocenters. The number of hydrogen-bond acceptors (Lipinski definition) is 3. The highest BCUT2D eigenvalue weighted by Crippen LogP contribution is 2.13. The molecular weight excluding hydrogens is 262 g/mol. The molecule has 0 saturated heterocycles. The topological polar surface area (TPSA) is 41.5 Å². The summed E-state index contributed by atoms with van der Waals surface area (Å²) >= 11 is 0. The molecule has 112 valence electrons. The Labute approximate surface area is 126 Å². The molecule has 0 aliphatic rings. The Morgan fingerprint density at radius 2 is 1.86 bits per heavy atom. The van der Waals surface area contributed by atoms with Gasteiger partial charge in [0.1, 0.15) is 18.5 Å². The van der Waals surface area contributed by atoms with E-state index in [0.29, 0.717) is 6.54 Å². The lowest BCUT2D eigenvalue weighted by Gasteiger charge is -2.18.